The van der Waals surface area contributed by atoms with Crippen molar-refractivity contribution in [2.24, 2.45) is 5.92 Å². The lowest BCUT2D eigenvalue weighted by molar-refractivity contribution is 0.384. The van der Waals surface area contributed by atoms with E-state index in [0.717, 1.165) is 36.2 Å². The first-order valence-corrected chi connectivity index (χ1v) is 12.3. The van der Waals surface area contributed by atoms with E-state index in [9.17, 15) is 27.0 Å². The van der Waals surface area contributed by atoms with Crippen LogP contribution >= 0.6 is 0 Å². The SMILES string of the molecule is O=S(=O)(CC1CCCCC1)NCCc1ccc(N2C=C(O)NS2(=O)=O)c(O)c1. The fourth-order valence-electron chi connectivity index (χ4n) is 3.57. The van der Waals surface area contributed by atoms with Crippen LogP contribution in [0.3, 0.4) is 0 Å². The number of aliphatic hydroxyl groups excluding tert-OH is 1. The summed E-state index contributed by atoms with van der Waals surface area (Å²) < 4.78 is 53.4. The zero-order valence-electron chi connectivity index (χ0n) is 15.3. The van der Waals surface area contributed by atoms with Crippen molar-refractivity contribution in [3.05, 3.63) is 35.8 Å². The maximum Gasteiger partial charge on any atom is 0.330 e. The number of nitrogens with zero attached hydrogens (tertiary/aromatic N) is 1. The van der Waals surface area contributed by atoms with Gasteiger partial charge in [0.1, 0.15) is 11.4 Å². The molecule has 11 heteroatoms. The molecule has 1 aliphatic heterocycles. The molecule has 1 aromatic carbocycles. The standard InChI is InChI=1S/C17H25N3O6S2/c21-16-10-13(6-7-15(16)20-11-17(22)19-28(20,25)26)8-9-18-27(23,24)12-14-4-2-1-3-5-14/h6-7,10-11,14,18-19,21-22H,1-5,8-9,12H2. The Kier molecular flexibility index (Phi) is 6.06. The highest BCUT2D eigenvalue weighted by Crippen LogP contribution is 2.32. The van der Waals surface area contributed by atoms with Crippen LogP contribution in [-0.2, 0) is 26.7 Å². The van der Waals surface area contributed by atoms with Gasteiger partial charge in [-0.2, -0.15) is 8.42 Å². The summed E-state index contributed by atoms with van der Waals surface area (Å²) in [4.78, 5) is 0. The van der Waals surface area contributed by atoms with E-state index >= 15 is 0 Å². The Morgan fingerprint density at radius 2 is 1.89 bits per heavy atom. The number of nitrogens with one attached hydrogen (secondary N) is 2. The van der Waals surface area contributed by atoms with Crippen LogP contribution in [0.4, 0.5) is 5.69 Å². The highest BCUT2D eigenvalue weighted by atomic mass is 32.2. The zero-order chi connectivity index (χ0) is 20.4. The second-order valence-electron chi connectivity index (χ2n) is 7.17. The third kappa shape index (κ3) is 5.09. The minimum atomic E-state index is -3.99. The van der Waals surface area contributed by atoms with Crippen molar-refractivity contribution in [1.82, 2.24) is 9.44 Å². The highest BCUT2D eigenvalue weighted by molar-refractivity contribution is 7.91. The third-order valence-corrected chi connectivity index (χ3v) is 7.77. The Bertz CT molecular complexity index is 953. The van der Waals surface area contributed by atoms with E-state index in [1.165, 1.54) is 18.6 Å². The Hall–Kier alpha value is -1.98. The molecule has 1 aliphatic carbocycles. The first kappa shape index (κ1) is 20.7. The molecule has 0 bridgehead atoms. The molecule has 1 heterocycles. The van der Waals surface area contributed by atoms with Crippen molar-refractivity contribution in [2.45, 2.75) is 38.5 Å². The number of phenols is 1. The molecule has 156 valence electrons. The van der Waals surface area contributed by atoms with Gasteiger partial charge in [0.05, 0.1) is 12.0 Å². The average Bonchev–Trinajstić information content (AvgIpc) is 2.87. The van der Waals surface area contributed by atoms with Gasteiger partial charge in [-0.1, -0.05) is 25.3 Å². The fraction of sp³-hybridized carbons (Fsp3) is 0.529. The van der Waals surface area contributed by atoms with Crippen molar-refractivity contribution in [2.75, 3.05) is 16.6 Å². The van der Waals surface area contributed by atoms with Gasteiger partial charge in [-0.25, -0.2) is 22.2 Å². The van der Waals surface area contributed by atoms with Gasteiger partial charge < -0.3 is 10.2 Å². The van der Waals surface area contributed by atoms with E-state index in [0.29, 0.717) is 12.0 Å². The molecule has 0 radical (unpaired) electrons. The summed E-state index contributed by atoms with van der Waals surface area (Å²) in [6.07, 6.45) is 6.55. The van der Waals surface area contributed by atoms with E-state index in [1.807, 2.05) is 4.72 Å². The monoisotopic (exact) mass is 431 g/mol. The van der Waals surface area contributed by atoms with Gasteiger partial charge in [0.2, 0.25) is 15.9 Å². The minimum absolute atomic E-state index is 0.0156. The molecule has 0 spiro atoms. The predicted molar refractivity (Wildman–Crippen MR) is 105 cm³/mol. The van der Waals surface area contributed by atoms with Crippen LogP contribution in [0.5, 0.6) is 5.75 Å². The second-order valence-corrected chi connectivity index (χ2v) is 10.6. The molecule has 1 saturated carbocycles. The summed E-state index contributed by atoms with van der Waals surface area (Å²) >= 11 is 0. The number of hydrogen-bond donors (Lipinski definition) is 4. The summed E-state index contributed by atoms with van der Waals surface area (Å²) in [5.74, 6) is -0.475. The van der Waals surface area contributed by atoms with E-state index in [4.69, 9.17) is 0 Å². The predicted octanol–water partition coefficient (Wildman–Crippen LogP) is 1.45. The summed E-state index contributed by atoms with van der Waals surface area (Å²) in [5.41, 5.74) is 0.637. The quantitative estimate of drug-likeness (QED) is 0.516. The average molecular weight is 432 g/mol. The molecule has 3 rings (SSSR count). The number of phenolic OH excluding ortho intramolecular Hbond substituents is 1. The molecule has 28 heavy (non-hydrogen) atoms. The summed E-state index contributed by atoms with van der Waals surface area (Å²) in [7, 11) is -7.33. The van der Waals surface area contributed by atoms with Crippen molar-refractivity contribution >= 4 is 25.9 Å². The van der Waals surface area contributed by atoms with Crippen molar-refractivity contribution in [3.8, 4) is 5.75 Å². The Labute approximate surface area is 165 Å². The zero-order valence-corrected chi connectivity index (χ0v) is 17.0. The Morgan fingerprint density at radius 3 is 2.50 bits per heavy atom. The second kappa shape index (κ2) is 8.18. The molecule has 0 saturated heterocycles. The number of hydrogen-bond acceptors (Lipinski definition) is 6. The maximum absolute atomic E-state index is 12.2. The number of rotatable bonds is 7. The smallest absolute Gasteiger partial charge is 0.330 e. The van der Waals surface area contributed by atoms with Crippen molar-refractivity contribution in [3.63, 3.8) is 0 Å². The maximum atomic E-state index is 12.2. The topological polar surface area (TPSA) is 136 Å². The number of anilines is 1. The van der Waals surface area contributed by atoms with Gasteiger partial charge in [-0.3, -0.25) is 0 Å². The van der Waals surface area contributed by atoms with E-state index < -0.39 is 26.1 Å². The molecular formula is C17H25N3O6S2. The van der Waals surface area contributed by atoms with Crippen LogP contribution in [0.2, 0.25) is 0 Å². The fourth-order valence-corrected chi connectivity index (χ4v) is 6.12. The van der Waals surface area contributed by atoms with Crippen molar-refractivity contribution < 1.29 is 27.0 Å². The molecular weight excluding hydrogens is 406 g/mol. The molecule has 2 aliphatic rings. The molecule has 4 N–H and O–H groups in total. The number of sulfonamides is 1. The molecule has 0 unspecified atom stereocenters. The lowest BCUT2D eigenvalue weighted by Gasteiger charge is -2.21. The van der Waals surface area contributed by atoms with Crippen LogP contribution in [0.25, 0.3) is 0 Å². The molecule has 1 aromatic rings. The van der Waals surface area contributed by atoms with Crippen LogP contribution in [0.1, 0.15) is 37.7 Å². The molecule has 1 fully saturated rings. The third-order valence-electron chi connectivity index (χ3n) is 4.92. The van der Waals surface area contributed by atoms with E-state index in [-0.39, 0.29) is 29.7 Å². The molecule has 0 atom stereocenters. The van der Waals surface area contributed by atoms with E-state index in [1.54, 1.807) is 6.07 Å². The van der Waals surface area contributed by atoms with Gasteiger partial charge in [0.25, 0.3) is 0 Å². The first-order valence-electron chi connectivity index (χ1n) is 9.18. The Morgan fingerprint density at radius 1 is 1.18 bits per heavy atom. The molecule has 0 aromatic heterocycles. The lowest BCUT2D eigenvalue weighted by Crippen LogP contribution is -2.32. The highest BCUT2D eigenvalue weighted by Gasteiger charge is 2.30. The van der Waals surface area contributed by atoms with Crippen LogP contribution in [0.15, 0.2) is 30.3 Å². The summed E-state index contributed by atoms with van der Waals surface area (Å²) in [6, 6.07) is 4.38. The first-order chi connectivity index (χ1) is 13.2. The van der Waals surface area contributed by atoms with Gasteiger partial charge in [-0.05, 0) is 42.9 Å². The molecule has 0 amide bonds. The van der Waals surface area contributed by atoms with Crippen molar-refractivity contribution in [1.29, 1.82) is 0 Å². The van der Waals surface area contributed by atoms with Gasteiger partial charge >= 0.3 is 10.2 Å². The number of aromatic hydroxyl groups is 1. The van der Waals surface area contributed by atoms with Gasteiger partial charge in [0.15, 0.2) is 0 Å². The number of benzene rings is 1. The largest absolute Gasteiger partial charge is 0.506 e. The minimum Gasteiger partial charge on any atom is -0.506 e. The lowest BCUT2D eigenvalue weighted by atomic mass is 9.91. The molecule has 9 nitrogen and oxygen atoms in total. The van der Waals surface area contributed by atoms with Crippen LogP contribution in [0, 0.1) is 5.92 Å². The normalized spacial score (nSPS) is 20.0. The van der Waals surface area contributed by atoms with E-state index in [2.05, 4.69) is 4.72 Å². The summed E-state index contributed by atoms with van der Waals surface area (Å²) in [6.45, 7) is 0.193. The Balaban J connectivity index is 1.58. The van der Waals surface area contributed by atoms with Crippen LogP contribution < -0.4 is 13.7 Å². The van der Waals surface area contributed by atoms with Crippen LogP contribution in [-0.4, -0.2) is 39.3 Å². The summed E-state index contributed by atoms with van der Waals surface area (Å²) in [5, 5.41) is 19.5. The van der Waals surface area contributed by atoms with Gasteiger partial charge in [0, 0.05) is 6.54 Å². The van der Waals surface area contributed by atoms with Gasteiger partial charge in [-0.15, -0.1) is 0 Å². The number of aliphatic hydroxyl groups is 1.